The van der Waals surface area contributed by atoms with Gasteiger partial charge in [0.2, 0.25) is 0 Å². The number of hydrogen-bond acceptors (Lipinski definition) is 5. The first kappa shape index (κ1) is 23.7. The number of ether oxygens (including phenoxy) is 2. The first-order valence-corrected chi connectivity index (χ1v) is 11.6. The van der Waals surface area contributed by atoms with Gasteiger partial charge in [-0.05, 0) is 54.7 Å². The summed E-state index contributed by atoms with van der Waals surface area (Å²) in [5.74, 6) is -0.0976. The lowest BCUT2D eigenvalue weighted by atomic mass is 9.88. The lowest BCUT2D eigenvalue weighted by Gasteiger charge is -2.16. The van der Waals surface area contributed by atoms with Gasteiger partial charge in [-0.1, -0.05) is 36.4 Å². The molecule has 9 heteroatoms. The molecule has 0 unspecified atom stereocenters. The Hall–Kier alpha value is -4.01. The number of halogens is 2. The summed E-state index contributed by atoms with van der Waals surface area (Å²) in [7, 11) is 1.56. The molecule has 2 heterocycles. The normalized spacial score (nSPS) is 16.3. The van der Waals surface area contributed by atoms with Crippen LogP contribution in [0.25, 0.3) is 11.3 Å². The van der Waals surface area contributed by atoms with Crippen LogP contribution >= 0.6 is 0 Å². The van der Waals surface area contributed by atoms with Crippen molar-refractivity contribution in [2.24, 2.45) is 0 Å². The summed E-state index contributed by atoms with van der Waals surface area (Å²) in [6.07, 6.45) is -2.27. The zero-order valence-electron chi connectivity index (χ0n) is 19.9. The van der Waals surface area contributed by atoms with E-state index in [1.165, 1.54) is 12.1 Å². The number of carbonyl (C=O) groups excluding carboxylic acids is 2. The minimum absolute atomic E-state index is 0.00829. The number of hydrogen-bond donors (Lipinski definition) is 2. The molecule has 1 aromatic heterocycles. The Morgan fingerprint density at radius 2 is 1.72 bits per heavy atom. The minimum atomic E-state index is -3.69. The second kappa shape index (κ2) is 8.89. The predicted octanol–water partition coefficient (Wildman–Crippen LogP) is 4.65. The second-order valence-electron chi connectivity index (χ2n) is 9.11. The number of ketones is 1. The van der Waals surface area contributed by atoms with Crippen molar-refractivity contribution in [3.8, 4) is 22.8 Å². The Labute approximate surface area is 206 Å². The standard InChI is InChI=1S/C27H25F2N3O4/c1-16-3-9-20(32-24(16)18-6-4-17(5-7-18)15-31-25(34)30-2)14-23(33)26(11-12-26)19-8-10-21-22(13-19)36-27(28,29)35-21/h3-10,13H,11-12,14-15H2,1-2H3,(H2,30,31,34). The van der Waals surface area contributed by atoms with E-state index >= 15 is 0 Å². The Bertz CT molecular complexity index is 1340. The van der Waals surface area contributed by atoms with E-state index in [-0.39, 0.29) is 29.7 Å². The van der Waals surface area contributed by atoms with Crippen molar-refractivity contribution in [3.05, 3.63) is 77.0 Å². The van der Waals surface area contributed by atoms with E-state index in [9.17, 15) is 18.4 Å². The van der Waals surface area contributed by atoms with Crippen molar-refractivity contribution in [3.63, 3.8) is 0 Å². The molecule has 2 N–H and O–H groups in total. The molecule has 1 fully saturated rings. The topological polar surface area (TPSA) is 89.6 Å². The molecule has 1 aliphatic carbocycles. The highest BCUT2D eigenvalue weighted by Gasteiger charge is 2.52. The highest BCUT2D eigenvalue weighted by atomic mass is 19.3. The Morgan fingerprint density at radius 3 is 2.42 bits per heavy atom. The van der Waals surface area contributed by atoms with Gasteiger partial charge in [-0.25, -0.2) is 4.79 Å². The number of rotatable bonds is 7. The van der Waals surface area contributed by atoms with Gasteiger partial charge in [0, 0.05) is 31.3 Å². The van der Waals surface area contributed by atoms with E-state index in [1.807, 2.05) is 43.3 Å². The molecule has 3 aromatic rings. The van der Waals surface area contributed by atoms with E-state index < -0.39 is 11.7 Å². The maximum absolute atomic E-state index is 13.4. The molecule has 2 aliphatic rings. The summed E-state index contributed by atoms with van der Waals surface area (Å²) in [5.41, 5.74) is 4.18. The van der Waals surface area contributed by atoms with Gasteiger partial charge < -0.3 is 20.1 Å². The summed E-state index contributed by atoms with van der Waals surface area (Å²) in [5, 5.41) is 5.26. The van der Waals surface area contributed by atoms with Crippen molar-refractivity contribution in [2.45, 2.75) is 44.4 Å². The fourth-order valence-electron chi connectivity index (χ4n) is 4.44. The van der Waals surface area contributed by atoms with Crippen LogP contribution in [0.2, 0.25) is 0 Å². The molecule has 2 aromatic carbocycles. The van der Waals surface area contributed by atoms with Crippen molar-refractivity contribution in [2.75, 3.05) is 7.05 Å². The first-order chi connectivity index (χ1) is 17.2. The molecule has 0 bridgehead atoms. The van der Waals surface area contributed by atoms with Gasteiger partial charge in [0.05, 0.1) is 11.1 Å². The second-order valence-corrected chi connectivity index (χ2v) is 9.11. The number of aromatic nitrogens is 1. The molecule has 5 rings (SSSR count). The fourth-order valence-corrected chi connectivity index (χ4v) is 4.44. The zero-order valence-corrected chi connectivity index (χ0v) is 19.9. The van der Waals surface area contributed by atoms with Gasteiger partial charge in [-0.15, -0.1) is 8.78 Å². The Kier molecular flexibility index (Phi) is 5.86. The largest absolute Gasteiger partial charge is 0.586 e. The quantitative estimate of drug-likeness (QED) is 0.500. The highest BCUT2D eigenvalue weighted by Crippen LogP contribution is 2.52. The number of Topliss-reactive ketones (excluding diaryl/α,β-unsaturated/α-hetero) is 1. The number of nitrogens with one attached hydrogen (secondary N) is 2. The smallest absolute Gasteiger partial charge is 0.395 e. The SMILES string of the molecule is CNC(=O)NCc1ccc(-c2nc(CC(=O)C3(c4ccc5c(c4)OC(F)(F)O5)CC3)ccc2C)cc1. The van der Waals surface area contributed by atoms with Gasteiger partial charge in [0.25, 0.3) is 0 Å². The van der Waals surface area contributed by atoms with Gasteiger partial charge in [0.15, 0.2) is 11.5 Å². The van der Waals surface area contributed by atoms with E-state index in [4.69, 9.17) is 4.98 Å². The van der Waals surface area contributed by atoms with Crippen LogP contribution in [0.15, 0.2) is 54.6 Å². The number of aryl methyl sites for hydroxylation is 1. The third kappa shape index (κ3) is 4.60. The molecule has 0 atom stereocenters. The Morgan fingerprint density at radius 1 is 1.00 bits per heavy atom. The van der Waals surface area contributed by atoms with Crippen molar-refractivity contribution >= 4 is 11.8 Å². The number of nitrogens with zero attached hydrogens (tertiary/aromatic N) is 1. The van der Waals surface area contributed by atoms with Crippen LogP contribution < -0.4 is 20.1 Å². The van der Waals surface area contributed by atoms with Crippen LogP contribution in [0.4, 0.5) is 13.6 Å². The van der Waals surface area contributed by atoms with E-state index in [0.717, 1.165) is 22.4 Å². The summed E-state index contributed by atoms with van der Waals surface area (Å²) in [4.78, 5) is 29.5. The maximum atomic E-state index is 13.4. The molecular weight excluding hydrogens is 468 g/mol. The number of fused-ring (bicyclic) bond motifs is 1. The molecule has 0 saturated heterocycles. The van der Waals surface area contributed by atoms with Crippen LogP contribution in [-0.4, -0.2) is 30.1 Å². The van der Waals surface area contributed by atoms with Crippen molar-refractivity contribution < 1.29 is 27.8 Å². The summed E-state index contributed by atoms with van der Waals surface area (Å²) >= 11 is 0. The van der Waals surface area contributed by atoms with Crippen LogP contribution in [0.3, 0.4) is 0 Å². The number of amides is 2. The number of carbonyl (C=O) groups is 2. The van der Waals surface area contributed by atoms with Crippen LogP contribution in [-0.2, 0) is 23.2 Å². The molecule has 7 nitrogen and oxygen atoms in total. The summed E-state index contributed by atoms with van der Waals surface area (Å²) in [6.45, 7) is 2.36. The molecule has 2 amide bonds. The van der Waals surface area contributed by atoms with Crippen molar-refractivity contribution in [1.82, 2.24) is 15.6 Å². The molecule has 0 spiro atoms. The molecule has 1 saturated carbocycles. The first-order valence-electron chi connectivity index (χ1n) is 11.6. The van der Waals surface area contributed by atoms with Crippen LogP contribution in [0.5, 0.6) is 11.5 Å². The van der Waals surface area contributed by atoms with Crippen LogP contribution in [0, 0.1) is 6.92 Å². The molecule has 1 aliphatic heterocycles. The molecular formula is C27H25F2N3O4. The zero-order chi connectivity index (χ0) is 25.5. The Balaban J connectivity index is 1.32. The maximum Gasteiger partial charge on any atom is 0.586 e. The third-order valence-corrected chi connectivity index (χ3v) is 6.64. The summed E-state index contributed by atoms with van der Waals surface area (Å²) in [6, 6.07) is 15.8. The van der Waals surface area contributed by atoms with Crippen LogP contribution in [0.1, 0.15) is 35.2 Å². The molecule has 36 heavy (non-hydrogen) atoms. The monoisotopic (exact) mass is 493 g/mol. The highest BCUT2D eigenvalue weighted by molar-refractivity contribution is 5.94. The molecule has 186 valence electrons. The fraction of sp³-hybridized carbons (Fsp3) is 0.296. The average molecular weight is 494 g/mol. The van der Waals surface area contributed by atoms with Gasteiger partial charge >= 0.3 is 12.3 Å². The van der Waals surface area contributed by atoms with E-state index in [1.54, 1.807) is 13.1 Å². The lowest BCUT2D eigenvalue weighted by molar-refractivity contribution is -0.286. The number of benzene rings is 2. The van der Waals surface area contributed by atoms with Gasteiger partial charge in [-0.2, -0.15) is 0 Å². The predicted molar refractivity (Wildman–Crippen MR) is 128 cm³/mol. The number of pyridine rings is 1. The summed E-state index contributed by atoms with van der Waals surface area (Å²) < 4.78 is 35.9. The third-order valence-electron chi connectivity index (χ3n) is 6.64. The minimum Gasteiger partial charge on any atom is -0.395 e. The van der Waals surface area contributed by atoms with E-state index in [2.05, 4.69) is 20.1 Å². The van der Waals surface area contributed by atoms with Gasteiger partial charge in [0.1, 0.15) is 5.78 Å². The number of alkyl halides is 2. The van der Waals surface area contributed by atoms with Gasteiger partial charge in [-0.3, -0.25) is 9.78 Å². The lowest BCUT2D eigenvalue weighted by Crippen LogP contribution is -2.32. The van der Waals surface area contributed by atoms with E-state index in [0.29, 0.717) is 30.6 Å². The van der Waals surface area contributed by atoms with Crippen molar-refractivity contribution in [1.29, 1.82) is 0 Å². The number of urea groups is 1. The molecule has 0 radical (unpaired) electrons. The average Bonchev–Trinajstić information content (AvgIpc) is 3.61.